The van der Waals surface area contributed by atoms with Crippen LogP contribution in [0.25, 0.3) is 0 Å². The number of carbonyl (C=O) groups is 3. The van der Waals surface area contributed by atoms with Gasteiger partial charge in [-0.05, 0) is 83.5 Å². The van der Waals surface area contributed by atoms with Crippen LogP contribution in [0.2, 0.25) is 0 Å². The summed E-state index contributed by atoms with van der Waals surface area (Å²) in [6.07, 6.45) is 55.1. The molecule has 0 aliphatic rings. The molecule has 0 bridgehead atoms. The molecule has 8 nitrogen and oxygen atoms in total. The Bertz CT molecular complexity index is 1230. The quantitative estimate of drug-likeness (QED) is 0.0282. The SMILES string of the molecule is CC/C=C/C/C=C/C/C=C/C/C=C/C/C=C/CCCCCCCCC(=O)OCC(COCCC(C(=O)O)[N+](C)(C)C)OC(=O)CCCCCCCCC/C=C/CCCCCC. The predicted molar refractivity (Wildman–Crippen MR) is 257 cm³/mol. The van der Waals surface area contributed by atoms with Crippen LogP contribution in [0.15, 0.2) is 72.9 Å². The zero-order valence-electron chi connectivity index (χ0n) is 39.8. The van der Waals surface area contributed by atoms with Gasteiger partial charge in [-0.2, -0.15) is 0 Å². The number of aliphatic carboxylic acids is 1. The van der Waals surface area contributed by atoms with E-state index < -0.39 is 18.1 Å². The first-order valence-electron chi connectivity index (χ1n) is 24.5. The topological polar surface area (TPSA) is 99.1 Å². The smallest absolute Gasteiger partial charge is 0.362 e. The Balaban J connectivity index is 4.31. The number of likely N-dealkylation sites (N-methyl/N-ethyl adjacent to an activating group) is 1. The van der Waals surface area contributed by atoms with Crippen LogP contribution in [0.4, 0.5) is 0 Å². The van der Waals surface area contributed by atoms with Crippen LogP contribution in [0, 0.1) is 0 Å². The van der Waals surface area contributed by atoms with E-state index in [-0.39, 0.29) is 36.2 Å². The lowest BCUT2D eigenvalue weighted by Gasteiger charge is -2.31. The van der Waals surface area contributed by atoms with Crippen LogP contribution >= 0.6 is 0 Å². The monoisotopic (exact) mass is 855 g/mol. The summed E-state index contributed by atoms with van der Waals surface area (Å²) in [6, 6.07) is -0.621. The zero-order chi connectivity index (χ0) is 44.9. The maximum Gasteiger partial charge on any atom is 0.362 e. The first-order valence-corrected chi connectivity index (χ1v) is 24.5. The molecule has 0 spiro atoms. The number of esters is 2. The van der Waals surface area contributed by atoms with Crippen molar-refractivity contribution in [2.24, 2.45) is 0 Å². The Kier molecular flexibility index (Phi) is 41.1. The number of rotatable bonds is 43. The fourth-order valence-electron chi connectivity index (χ4n) is 6.82. The van der Waals surface area contributed by atoms with Crippen molar-refractivity contribution in [1.82, 2.24) is 0 Å². The number of unbranched alkanes of at least 4 members (excludes halogenated alkanes) is 17. The number of carboxylic acids is 1. The molecule has 0 radical (unpaired) electrons. The van der Waals surface area contributed by atoms with E-state index >= 15 is 0 Å². The highest BCUT2D eigenvalue weighted by Gasteiger charge is 2.31. The van der Waals surface area contributed by atoms with Crippen molar-refractivity contribution in [2.75, 3.05) is 41.0 Å². The minimum atomic E-state index is -0.880. The summed E-state index contributed by atoms with van der Waals surface area (Å²) < 4.78 is 17.3. The second kappa shape index (κ2) is 43.4. The van der Waals surface area contributed by atoms with E-state index in [0.717, 1.165) is 83.5 Å². The van der Waals surface area contributed by atoms with Crippen molar-refractivity contribution in [1.29, 1.82) is 0 Å². The molecule has 0 saturated heterocycles. The number of hydrogen-bond acceptors (Lipinski definition) is 6. The lowest BCUT2D eigenvalue weighted by Crippen LogP contribution is -2.50. The van der Waals surface area contributed by atoms with E-state index in [1.807, 2.05) is 21.1 Å². The molecule has 350 valence electrons. The van der Waals surface area contributed by atoms with Gasteiger partial charge in [0.25, 0.3) is 0 Å². The molecule has 0 rings (SSSR count). The lowest BCUT2D eigenvalue weighted by molar-refractivity contribution is -0.887. The van der Waals surface area contributed by atoms with Gasteiger partial charge in [-0.1, -0.05) is 164 Å². The van der Waals surface area contributed by atoms with Crippen LogP contribution in [0.1, 0.15) is 194 Å². The molecule has 0 aromatic heterocycles. The van der Waals surface area contributed by atoms with Crippen molar-refractivity contribution in [3.63, 3.8) is 0 Å². The average molecular weight is 855 g/mol. The molecule has 0 fully saturated rings. The standard InChI is InChI=1S/C53H91NO7/c1-6-8-10-12-14-16-18-20-22-23-24-25-26-27-28-30-31-33-35-37-39-41-43-51(55)60-48-49(47-59-46-45-50(53(57)58)54(3,4)5)61-52(56)44-42-40-38-36-34-32-29-21-19-17-15-13-11-9-7-2/h8,10,14,16-17,19-20,22,24-25,27-28,49-50H,6-7,9,11-13,15,18,21,23,26,29-48H2,1-5H3/p+1/b10-8+,16-14+,19-17+,22-20+,25-24+,28-27+. The molecule has 0 aromatic rings. The van der Waals surface area contributed by atoms with Gasteiger partial charge in [-0.3, -0.25) is 9.59 Å². The van der Waals surface area contributed by atoms with Crippen molar-refractivity contribution in [3.8, 4) is 0 Å². The Morgan fingerprint density at radius 2 is 0.918 bits per heavy atom. The molecule has 0 aliphatic carbocycles. The summed E-state index contributed by atoms with van der Waals surface area (Å²) in [6.45, 7) is 4.59. The van der Waals surface area contributed by atoms with E-state index in [1.165, 1.54) is 77.0 Å². The molecule has 0 aliphatic heterocycles. The molecule has 0 saturated carbocycles. The van der Waals surface area contributed by atoms with Crippen LogP contribution in [0.3, 0.4) is 0 Å². The Morgan fingerprint density at radius 3 is 1.38 bits per heavy atom. The van der Waals surface area contributed by atoms with Gasteiger partial charge < -0.3 is 23.8 Å². The highest BCUT2D eigenvalue weighted by atomic mass is 16.6. The molecular weight excluding hydrogens is 763 g/mol. The van der Waals surface area contributed by atoms with E-state index in [1.54, 1.807) is 0 Å². The number of allylic oxidation sites excluding steroid dienone is 12. The van der Waals surface area contributed by atoms with Crippen LogP contribution < -0.4 is 0 Å². The summed E-state index contributed by atoms with van der Waals surface area (Å²) in [4.78, 5) is 37.1. The van der Waals surface area contributed by atoms with E-state index in [0.29, 0.717) is 19.3 Å². The highest BCUT2D eigenvalue weighted by molar-refractivity contribution is 5.72. The van der Waals surface area contributed by atoms with Crippen molar-refractivity contribution in [3.05, 3.63) is 72.9 Å². The number of carbonyl (C=O) groups excluding carboxylic acids is 2. The largest absolute Gasteiger partial charge is 0.477 e. The summed E-state index contributed by atoms with van der Waals surface area (Å²) in [5.74, 6) is -1.49. The number of quaternary nitrogens is 1. The maximum absolute atomic E-state index is 12.8. The number of carboxylic acid groups (broad SMARTS) is 1. The fraction of sp³-hybridized carbons (Fsp3) is 0.717. The Labute approximate surface area is 374 Å². The van der Waals surface area contributed by atoms with Gasteiger partial charge in [-0.25, -0.2) is 4.79 Å². The number of nitrogens with zero attached hydrogens (tertiary/aromatic N) is 1. The predicted octanol–water partition coefficient (Wildman–Crippen LogP) is 13.9. The molecule has 1 N–H and O–H groups in total. The third-order valence-electron chi connectivity index (χ3n) is 10.6. The lowest BCUT2D eigenvalue weighted by atomic mass is 10.1. The fourth-order valence-corrected chi connectivity index (χ4v) is 6.82. The van der Waals surface area contributed by atoms with Crippen LogP contribution in [-0.4, -0.2) is 80.6 Å². The van der Waals surface area contributed by atoms with Gasteiger partial charge in [0.15, 0.2) is 12.1 Å². The van der Waals surface area contributed by atoms with Crippen molar-refractivity contribution in [2.45, 2.75) is 206 Å². The van der Waals surface area contributed by atoms with Gasteiger partial charge in [0.05, 0.1) is 34.4 Å². The van der Waals surface area contributed by atoms with Gasteiger partial charge in [0.1, 0.15) is 6.61 Å². The molecular formula is C53H92NO7+. The molecule has 0 aromatic carbocycles. The van der Waals surface area contributed by atoms with Crippen LogP contribution in [0.5, 0.6) is 0 Å². The Morgan fingerprint density at radius 1 is 0.508 bits per heavy atom. The molecule has 0 amide bonds. The molecule has 2 atom stereocenters. The summed E-state index contributed by atoms with van der Waals surface area (Å²) in [5.41, 5.74) is 0. The minimum absolute atomic E-state index is 0.0518. The molecule has 8 heteroatoms. The maximum atomic E-state index is 12.8. The Hall–Kier alpha value is -3.23. The van der Waals surface area contributed by atoms with Gasteiger partial charge in [0.2, 0.25) is 0 Å². The summed E-state index contributed by atoms with van der Waals surface area (Å²) in [7, 11) is 5.52. The van der Waals surface area contributed by atoms with Gasteiger partial charge >= 0.3 is 17.9 Å². The first kappa shape index (κ1) is 57.8. The highest BCUT2D eigenvalue weighted by Crippen LogP contribution is 2.14. The van der Waals surface area contributed by atoms with Crippen LogP contribution in [-0.2, 0) is 28.6 Å². The minimum Gasteiger partial charge on any atom is -0.477 e. The number of ether oxygens (including phenoxy) is 3. The number of hydrogen-bond donors (Lipinski definition) is 1. The van der Waals surface area contributed by atoms with E-state index in [2.05, 4.69) is 86.8 Å². The molecule has 2 unspecified atom stereocenters. The molecule has 0 heterocycles. The van der Waals surface area contributed by atoms with Crippen molar-refractivity contribution < 1.29 is 38.2 Å². The average Bonchev–Trinajstić information content (AvgIpc) is 3.22. The van der Waals surface area contributed by atoms with E-state index in [9.17, 15) is 19.5 Å². The summed E-state index contributed by atoms with van der Waals surface area (Å²) >= 11 is 0. The van der Waals surface area contributed by atoms with E-state index in [4.69, 9.17) is 14.2 Å². The third kappa shape index (κ3) is 41.9. The third-order valence-corrected chi connectivity index (χ3v) is 10.6. The van der Waals surface area contributed by atoms with Gasteiger partial charge in [0, 0.05) is 19.3 Å². The molecule has 61 heavy (non-hydrogen) atoms. The second-order valence-corrected chi connectivity index (χ2v) is 17.3. The summed E-state index contributed by atoms with van der Waals surface area (Å²) in [5, 5.41) is 9.64. The first-order chi connectivity index (χ1) is 29.6. The second-order valence-electron chi connectivity index (χ2n) is 17.3. The van der Waals surface area contributed by atoms with Gasteiger partial charge in [-0.15, -0.1) is 0 Å². The normalized spacial score (nSPS) is 13.5. The zero-order valence-corrected chi connectivity index (χ0v) is 39.8. The van der Waals surface area contributed by atoms with Crippen molar-refractivity contribution >= 4 is 17.9 Å².